The van der Waals surface area contributed by atoms with Crippen LogP contribution in [-0.4, -0.2) is 43.4 Å². The molecule has 0 saturated carbocycles. The monoisotopic (exact) mass is 473 g/mol. The van der Waals surface area contributed by atoms with E-state index in [0.29, 0.717) is 36.7 Å². The van der Waals surface area contributed by atoms with Gasteiger partial charge in [0, 0.05) is 36.6 Å². The van der Waals surface area contributed by atoms with Crippen molar-refractivity contribution in [3.8, 4) is 11.5 Å². The van der Waals surface area contributed by atoms with Crippen molar-refractivity contribution in [2.45, 2.75) is 25.2 Å². The first kappa shape index (κ1) is 23.1. The van der Waals surface area contributed by atoms with E-state index in [1.165, 1.54) is 12.1 Å². The Balaban J connectivity index is 1.33. The predicted octanol–water partition coefficient (Wildman–Crippen LogP) is 5.02. The van der Waals surface area contributed by atoms with E-state index in [1.54, 1.807) is 25.3 Å². The lowest BCUT2D eigenvalue weighted by Gasteiger charge is -2.37. The number of hydrogen-bond acceptors (Lipinski definition) is 4. The number of likely N-dealkylation sites (tertiary alicyclic amines) is 1. The van der Waals surface area contributed by atoms with Crippen LogP contribution >= 0.6 is 0 Å². The van der Waals surface area contributed by atoms with E-state index in [1.807, 2.05) is 29.2 Å². The highest BCUT2D eigenvalue weighted by Crippen LogP contribution is 2.39. The van der Waals surface area contributed by atoms with Gasteiger partial charge < -0.3 is 14.4 Å². The summed E-state index contributed by atoms with van der Waals surface area (Å²) in [7, 11) is 1.65. The first-order valence-electron chi connectivity index (χ1n) is 12.0. The minimum atomic E-state index is -0.250. The number of Topliss-reactive ketones (excluding diaryl/α,β-unsaturated/α-hetero) is 1. The van der Waals surface area contributed by atoms with Gasteiger partial charge in [0.15, 0.2) is 5.78 Å². The SMILES string of the molecule is COc1ccc(C(c2ccc(F)cc2)C2CCN(C(=O)c3ccc4c(c3)CC(=O)CO4)CC2)cc1. The van der Waals surface area contributed by atoms with E-state index in [2.05, 4.69) is 12.1 Å². The van der Waals surface area contributed by atoms with Gasteiger partial charge in [-0.2, -0.15) is 0 Å². The number of hydrogen-bond donors (Lipinski definition) is 0. The molecule has 0 bridgehead atoms. The third-order valence-corrected chi connectivity index (χ3v) is 7.09. The molecule has 1 unspecified atom stereocenters. The van der Waals surface area contributed by atoms with Crippen molar-refractivity contribution < 1.29 is 23.5 Å². The molecule has 6 heteroatoms. The minimum absolute atomic E-state index is 0.0212. The Morgan fingerprint density at radius 1 is 1.00 bits per heavy atom. The average Bonchev–Trinajstić information content (AvgIpc) is 2.90. The van der Waals surface area contributed by atoms with Crippen LogP contribution in [0.4, 0.5) is 4.39 Å². The maximum atomic E-state index is 13.6. The normalized spacial score (nSPS) is 16.9. The molecule has 180 valence electrons. The smallest absolute Gasteiger partial charge is 0.253 e. The summed E-state index contributed by atoms with van der Waals surface area (Å²) in [6.45, 7) is 1.38. The molecule has 1 atom stereocenters. The van der Waals surface area contributed by atoms with E-state index in [-0.39, 0.29) is 30.0 Å². The number of benzene rings is 3. The lowest BCUT2D eigenvalue weighted by Crippen LogP contribution is -2.40. The molecule has 2 heterocycles. The number of halogens is 1. The van der Waals surface area contributed by atoms with E-state index in [9.17, 15) is 14.0 Å². The Labute approximate surface area is 204 Å². The van der Waals surface area contributed by atoms with Crippen molar-refractivity contribution in [2.24, 2.45) is 5.92 Å². The van der Waals surface area contributed by atoms with Crippen LogP contribution in [0.1, 0.15) is 45.8 Å². The molecule has 1 fully saturated rings. The van der Waals surface area contributed by atoms with Gasteiger partial charge in [-0.05, 0) is 72.4 Å². The number of rotatable bonds is 5. The lowest BCUT2D eigenvalue weighted by molar-refractivity contribution is -0.121. The average molecular weight is 474 g/mol. The molecule has 0 aromatic heterocycles. The molecular weight excluding hydrogens is 445 g/mol. The number of piperidine rings is 1. The number of nitrogens with zero attached hydrogens (tertiary/aromatic N) is 1. The molecule has 3 aromatic rings. The van der Waals surface area contributed by atoms with E-state index in [4.69, 9.17) is 9.47 Å². The third kappa shape index (κ3) is 4.92. The van der Waals surface area contributed by atoms with Crippen LogP contribution in [0.3, 0.4) is 0 Å². The van der Waals surface area contributed by atoms with Crippen LogP contribution in [-0.2, 0) is 11.2 Å². The molecule has 0 aliphatic carbocycles. The van der Waals surface area contributed by atoms with E-state index < -0.39 is 0 Å². The molecule has 0 spiro atoms. The fourth-order valence-corrected chi connectivity index (χ4v) is 5.25. The molecule has 1 saturated heterocycles. The zero-order valence-corrected chi connectivity index (χ0v) is 19.7. The van der Waals surface area contributed by atoms with Gasteiger partial charge in [-0.1, -0.05) is 24.3 Å². The molecule has 35 heavy (non-hydrogen) atoms. The Bertz CT molecular complexity index is 1210. The number of carbonyl (C=O) groups is 2. The van der Waals surface area contributed by atoms with Crippen LogP contribution in [0, 0.1) is 11.7 Å². The lowest BCUT2D eigenvalue weighted by atomic mass is 9.76. The van der Waals surface area contributed by atoms with Crippen LogP contribution < -0.4 is 9.47 Å². The van der Waals surface area contributed by atoms with Crippen molar-refractivity contribution in [1.29, 1.82) is 0 Å². The van der Waals surface area contributed by atoms with Gasteiger partial charge in [0.05, 0.1) is 7.11 Å². The molecule has 1 amide bonds. The van der Waals surface area contributed by atoms with Crippen LogP contribution in [0.2, 0.25) is 0 Å². The highest BCUT2D eigenvalue weighted by Gasteiger charge is 2.31. The molecule has 5 rings (SSSR count). The predicted molar refractivity (Wildman–Crippen MR) is 131 cm³/mol. The summed E-state index contributed by atoms with van der Waals surface area (Å²) in [5, 5.41) is 0. The molecule has 2 aliphatic rings. The maximum absolute atomic E-state index is 13.6. The van der Waals surface area contributed by atoms with Crippen LogP contribution in [0.15, 0.2) is 66.7 Å². The summed E-state index contributed by atoms with van der Waals surface area (Å²) in [6, 6.07) is 20.1. The number of methoxy groups -OCH3 is 1. The van der Waals surface area contributed by atoms with Gasteiger partial charge in [-0.15, -0.1) is 0 Å². The first-order chi connectivity index (χ1) is 17.0. The zero-order chi connectivity index (χ0) is 24.4. The van der Waals surface area contributed by atoms with Gasteiger partial charge in [0.1, 0.15) is 23.9 Å². The van der Waals surface area contributed by atoms with Gasteiger partial charge >= 0.3 is 0 Å². The van der Waals surface area contributed by atoms with Crippen LogP contribution in [0.25, 0.3) is 0 Å². The number of fused-ring (bicyclic) bond motifs is 1. The highest BCUT2D eigenvalue weighted by atomic mass is 19.1. The van der Waals surface area contributed by atoms with Gasteiger partial charge in [0.2, 0.25) is 0 Å². The van der Waals surface area contributed by atoms with Crippen molar-refractivity contribution in [2.75, 3.05) is 26.8 Å². The van der Waals surface area contributed by atoms with Crippen molar-refractivity contribution in [3.63, 3.8) is 0 Å². The maximum Gasteiger partial charge on any atom is 0.253 e. The second kappa shape index (κ2) is 9.90. The summed E-state index contributed by atoms with van der Waals surface area (Å²) in [4.78, 5) is 26.9. The van der Waals surface area contributed by atoms with Gasteiger partial charge in [-0.25, -0.2) is 4.39 Å². The van der Waals surface area contributed by atoms with Gasteiger partial charge in [-0.3, -0.25) is 9.59 Å². The second-order valence-electron chi connectivity index (χ2n) is 9.26. The molecule has 5 nitrogen and oxygen atoms in total. The second-order valence-corrected chi connectivity index (χ2v) is 9.26. The van der Waals surface area contributed by atoms with Crippen molar-refractivity contribution in [3.05, 3.63) is 94.8 Å². The highest BCUT2D eigenvalue weighted by molar-refractivity contribution is 5.95. The largest absolute Gasteiger partial charge is 0.497 e. The standard InChI is InChI=1S/C29H28FNO4/c1-34-26-9-4-20(5-10-26)28(19-2-7-24(30)8-3-19)21-12-14-31(15-13-21)29(33)22-6-11-27-23(16-22)17-25(32)18-35-27/h2-11,16,21,28H,12-15,17-18H2,1H3. The molecule has 2 aliphatic heterocycles. The Kier molecular flexibility index (Phi) is 6.53. The number of carbonyl (C=O) groups excluding carboxylic acids is 2. The molecule has 3 aromatic carbocycles. The number of ether oxygens (including phenoxy) is 2. The van der Waals surface area contributed by atoms with E-state index >= 15 is 0 Å². The zero-order valence-electron chi connectivity index (χ0n) is 19.7. The number of amides is 1. The van der Waals surface area contributed by atoms with E-state index in [0.717, 1.165) is 35.3 Å². The Hall–Kier alpha value is -3.67. The molecule has 0 N–H and O–H groups in total. The van der Waals surface area contributed by atoms with Crippen LogP contribution in [0.5, 0.6) is 11.5 Å². The van der Waals surface area contributed by atoms with Crippen molar-refractivity contribution in [1.82, 2.24) is 4.90 Å². The summed E-state index contributed by atoms with van der Waals surface area (Å²) >= 11 is 0. The van der Waals surface area contributed by atoms with Gasteiger partial charge in [0.25, 0.3) is 5.91 Å². The third-order valence-electron chi connectivity index (χ3n) is 7.09. The van der Waals surface area contributed by atoms with Crippen molar-refractivity contribution >= 4 is 11.7 Å². The number of ketones is 1. The first-order valence-corrected chi connectivity index (χ1v) is 12.0. The summed E-state index contributed by atoms with van der Waals surface area (Å²) < 4.78 is 24.4. The Morgan fingerprint density at radius 2 is 1.66 bits per heavy atom. The fourth-order valence-electron chi connectivity index (χ4n) is 5.25. The summed E-state index contributed by atoms with van der Waals surface area (Å²) in [6.07, 6.45) is 1.98. The molecular formula is C29H28FNO4. The quantitative estimate of drug-likeness (QED) is 0.522. The fraction of sp³-hybridized carbons (Fsp3) is 0.310. The summed E-state index contributed by atoms with van der Waals surface area (Å²) in [5.74, 6) is 1.64. The molecule has 0 radical (unpaired) electrons. The topological polar surface area (TPSA) is 55.8 Å². The minimum Gasteiger partial charge on any atom is -0.497 e. The Morgan fingerprint density at radius 3 is 2.31 bits per heavy atom. The summed E-state index contributed by atoms with van der Waals surface area (Å²) in [5.41, 5.74) is 3.59.